The number of fused-ring (bicyclic) bond motifs is 1. The molecule has 0 saturated heterocycles. The number of ether oxygens (including phenoxy) is 1. The van der Waals surface area contributed by atoms with Gasteiger partial charge in [-0.25, -0.2) is 4.98 Å². The lowest BCUT2D eigenvalue weighted by atomic mass is 9.97. The molecule has 3 aromatic rings. The number of thioether (sulfide) groups is 1. The van der Waals surface area contributed by atoms with E-state index in [2.05, 4.69) is 29.7 Å². The summed E-state index contributed by atoms with van der Waals surface area (Å²) in [4.78, 5) is 16.5. The Bertz CT molecular complexity index is 1110. The van der Waals surface area contributed by atoms with Crippen molar-refractivity contribution in [2.24, 2.45) is 0 Å². The van der Waals surface area contributed by atoms with Crippen molar-refractivity contribution in [3.63, 3.8) is 0 Å². The first-order chi connectivity index (χ1) is 14.2. The highest BCUT2D eigenvalue weighted by atomic mass is 32.2. The van der Waals surface area contributed by atoms with E-state index >= 15 is 0 Å². The normalized spacial score (nSPS) is 13.9. The fraction of sp³-hybridized carbons (Fsp3) is 0.174. The van der Waals surface area contributed by atoms with Gasteiger partial charge in [0.1, 0.15) is 11.1 Å². The Morgan fingerprint density at radius 3 is 2.83 bits per heavy atom. The molecule has 0 aliphatic heterocycles. The van der Waals surface area contributed by atoms with E-state index in [0.717, 1.165) is 46.4 Å². The smallest absolute Gasteiger partial charge is 0.316 e. The molecule has 0 amide bonds. The number of esters is 1. The Morgan fingerprint density at radius 1 is 1.31 bits per heavy atom. The summed E-state index contributed by atoms with van der Waals surface area (Å²) in [6.07, 6.45) is 3.89. The van der Waals surface area contributed by atoms with Gasteiger partial charge in [0.15, 0.2) is 0 Å². The van der Waals surface area contributed by atoms with E-state index in [1.54, 1.807) is 11.3 Å². The van der Waals surface area contributed by atoms with Crippen molar-refractivity contribution in [2.75, 3.05) is 12.9 Å². The van der Waals surface area contributed by atoms with Crippen LogP contribution in [0.15, 0.2) is 52.2 Å². The molecule has 0 unspecified atom stereocenters. The topological polar surface area (TPSA) is 63.0 Å². The van der Waals surface area contributed by atoms with Crippen molar-refractivity contribution in [1.82, 2.24) is 4.98 Å². The van der Waals surface area contributed by atoms with Gasteiger partial charge in [0.05, 0.1) is 24.1 Å². The zero-order chi connectivity index (χ0) is 20.2. The largest absolute Gasteiger partial charge is 0.468 e. The lowest BCUT2D eigenvalue weighted by molar-refractivity contribution is -0.137. The van der Waals surface area contributed by atoms with Gasteiger partial charge in [-0.2, -0.15) is 16.6 Å². The number of nitrogens with zero attached hydrogens (tertiary/aromatic N) is 2. The zero-order valence-electron chi connectivity index (χ0n) is 15.8. The molecule has 6 heteroatoms. The summed E-state index contributed by atoms with van der Waals surface area (Å²) in [6, 6.07) is 14.5. The summed E-state index contributed by atoms with van der Waals surface area (Å²) in [5.74, 6) is -0.212. The maximum atomic E-state index is 11.7. The first-order valence-corrected chi connectivity index (χ1v) is 11.1. The molecule has 4 nitrogen and oxygen atoms in total. The van der Waals surface area contributed by atoms with E-state index in [-0.39, 0.29) is 11.7 Å². The van der Waals surface area contributed by atoms with E-state index in [1.807, 2.05) is 29.6 Å². The van der Waals surface area contributed by atoms with Crippen LogP contribution in [0.1, 0.15) is 28.8 Å². The lowest BCUT2D eigenvalue weighted by Crippen LogP contribution is -2.05. The number of methoxy groups -OCH3 is 1. The Labute approximate surface area is 177 Å². The minimum atomic E-state index is -0.335. The minimum Gasteiger partial charge on any atom is -0.468 e. The molecule has 29 heavy (non-hydrogen) atoms. The summed E-state index contributed by atoms with van der Waals surface area (Å²) in [5, 5.41) is 14.6. The van der Waals surface area contributed by atoms with Crippen LogP contribution in [0.5, 0.6) is 0 Å². The number of benzene rings is 1. The molecule has 1 aliphatic rings. The van der Waals surface area contributed by atoms with Gasteiger partial charge in [0.25, 0.3) is 0 Å². The van der Waals surface area contributed by atoms with Crippen molar-refractivity contribution >= 4 is 40.7 Å². The molecule has 0 N–H and O–H groups in total. The molecule has 1 aromatic carbocycles. The summed E-state index contributed by atoms with van der Waals surface area (Å²) < 4.78 is 4.76. The Balaban J connectivity index is 1.87. The SMILES string of the molecule is COC(=O)CSc1nc2c(c(-c3ccsc3)c1C#N)CCC2=Cc1ccccc1. The zero-order valence-corrected chi connectivity index (χ0v) is 17.5. The van der Waals surface area contributed by atoms with Crippen LogP contribution in [0, 0.1) is 11.3 Å². The monoisotopic (exact) mass is 418 g/mol. The van der Waals surface area contributed by atoms with Crippen molar-refractivity contribution in [3.8, 4) is 17.2 Å². The van der Waals surface area contributed by atoms with Gasteiger partial charge in [0, 0.05) is 5.56 Å². The van der Waals surface area contributed by atoms with Crippen LogP contribution in [-0.4, -0.2) is 23.8 Å². The molecule has 0 radical (unpaired) electrons. The second kappa shape index (κ2) is 8.64. The maximum absolute atomic E-state index is 11.7. The molecular weight excluding hydrogens is 400 g/mol. The van der Waals surface area contributed by atoms with Crippen molar-refractivity contribution < 1.29 is 9.53 Å². The molecule has 0 saturated carbocycles. The van der Waals surface area contributed by atoms with Crippen LogP contribution >= 0.6 is 23.1 Å². The number of aromatic nitrogens is 1. The van der Waals surface area contributed by atoms with Gasteiger partial charge >= 0.3 is 5.97 Å². The highest BCUT2D eigenvalue weighted by Crippen LogP contribution is 2.43. The van der Waals surface area contributed by atoms with Gasteiger partial charge < -0.3 is 4.74 Å². The molecule has 144 valence electrons. The number of rotatable bonds is 5. The van der Waals surface area contributed by atoms with Gasteiger partial charge in [-0.15, -0.1) is 0 Å². The number of hydrogen-bond donors (Lipinski definition) is 0. The van der Waals surface area contributed by atoms with Gasteiger partial charge in [0.2, 0.25) is 0 Å². The Kier molecular flexibility index (Phi) is 5.79. The van der Waals surface area contributed by atoms with E-state index in [1.165, 1.54) is 18.9 Å². The fourth-order valence-electron chi connectivity index (χ4n) is 3.50. The fourth-order valence-corrected chi connectivity index (χ4v) is 4.97. The first-order valence-electron chi connectivity index (χ1n) is 9.16. The average Bonchev–Trinajstić information content (AvgIpc) is 3.42. The minimum absolute atomic E-state index is 0.123. The third-order valence-corrected chi connectivity index (χ3v) is 6.46. The van der Waals surface area contributed by atoms with E-state index in [4.69, 9.17) is 9.72 Å². The van der Waals surface area contributed by atoms with Crippen LogP contribution in [0.4, 0.5) is 0 Å². The van der Waals surface area contributed by atoms with E-state index < -0.39 is 0 Å². The third kappa shape index (κ3) is 3.98. The maximum Gasteiger partial charge on any atom is 0.316 e. The molecular formula is C23H18N2O2S2. The van der Waals surface area contributed by atoms with Crippen LogP contribution in [-0.2, 0) is 16.0 Å². The number of allylic oxidation sites excluding steroid dienone is 1. The van der Waals surface area contributed by atoms with Crippen molar-refractivity contribution in [1.29, 1.82) is 5.26 Å². The van der Waals surface area contributed by atoms with Gasteiger partial charge in [-0.3, -0.25) is 4.79 Å². The number of pyridine rings is 1. The second-order valence-corrected chi connectivity index (χ2v) is 8.31. The Morgan fingerprint density at radius 2 is 2.14 bits per heavy atom. The summed E-state index contributed by atoms with van der Waals surface area (Å²) in [6.45, 7) is 0. The molecule has 0 atom stereocenters. The summed E-state index contributed by atoms with van der Waals surface area (Å²) in [7, 11) is 1.36. The highest BCUT2D eigenvalue weighted by Gasteiger charge is 2.27. The van der Waals surface area contributed by atoms with Gasteiger partial charge in [-0.05, 0) is 58.0 Å². The number of carbonyl (C=O) groups is 1. The van der Waals surface area contributed by atoms with Crippen molar-refractivity contribution in [3.05, 3.63) is 69.5 Å². The molecule has 0 fully saturated rings. The lowest BCUT2D eigenvalue weighted by Gasteiger charge is -2.13. The van der Waals surface area contributed by atoms with E-state index in [0.29, 0.717) is 10.6 Å². The molecule has 0 bridgehead atoms. The van der Waals surface area contributed by atoms with Gasteiger partial charge in [-0.1, -0.05) is 42.1 Å². The first kappa shape index (κ1) is 19.4. The second-order valence-electron chi connectivity index (χ2n) is 6.56. The average molecular weight is 419 g/mol. The summed E-state index contributed by atoms with van der Waals surface area (Å²) in [5.41, 5.74) is 6.85. The Hall–Kier alpha value is -2.88. The van der Waals surface area contributed by atoms with Crippen molar-refractivity contribution in [2.45, 2.75) is 17.9 Å². The predicted octanol–water partition coefficient (Wildman–Crippen LogP) is 5.43. The number of thiophene rings is 1. The number of hydrogen-bond acceptors (Lipinski definition) is 6. The highest BCUT2D eigenvalue weighted by molar-refractivity contribution is 7.99. The molecule has 0 spiro atoms. The van der Waals surface area contributed by atoms with Crippen LogP contribution in [0.25, 0.3) is 22.8 Å². The third-order valence-electron chi connectivity index (χ3n) is 4.83. The number of carbonyl (C=O) groups excluding carboxylic acids is 1. The van der Waals surface area contributed by atoms with E-state index in [9.17, 15) is 10.1 Å². The standard InChI is InChI=1S/C23H18N2O2S2/c1-27-20(26)14-29-23-19(12-24)21(17-9-10-28-13-17)18-8-7-16(22(18)25-23)11-15-5-3-2-4-6-15/h2-6,9-11,13H,7-8,14H2,1H3. The summed E-state index contributed by atoms with van der Waals surface area (Å²) >= 11 is 2.86. The van der Waals surface area contributed by atoms with Crippen LogP contribution in [0.3, 0.4) is 0 Å². The molecule has 2 heterocycles. The molecule has 2 aromatic heterocycles. The van der Waals surface area contributed by atoms with Crippen LogP contribution < -0.4 is 0 Å². The molecule has 1 aliphatic carbocycles. The number of nitriles is 1. The molecule has 4 rings (SSSR count). The quantitative estimate of drug-likeness (QED) is 0.408. The predicted molar refractivity (Wildman–Crippen MR) is 118 cm³/mol. The van der Waals surface area contributed by atoms with Crippen LogP contribution in [0.2, 0.25) is 0 Å².